The first-order chi connectivity index (χ1) is 6.25. The average molecular weight is 197 g/mol. The second-order valence-electron chi connectivity index (χ2n) is 2.71. The monoisotopic (exact) mass is 196 g/mol. The maximum Gasteiger partial charge on any atom is 0.125 e. The molecular weight excluding hydrogens is 191 g/mol. The fraction of sp³-hybridized carbons (Fsp3) is 0.111. The lowest BCUT2D eigenvalue weighted by Gasteiger charge is -2.04. The molecule has 1 aliphatic rings. The van der Waals surface area contributed by atoms with Crippen LogP contribution in [0.1, 0.15) is 11.6 Å². The molecule has 1 aromatic rings. The third kappa shape index (κ3) is 1.75. The molecule has 0 N–H and O–H groups in total. The highest BCUT2D eigenvalue weighted by atomic mass is 35.5. The Morgan fingerprint density at radius 3 is 2.77 bits per heavy atom. The molecule has 1 aromatic carbocycles. The van der Waals surface area contributed by atoms with Crippen LogP contribution in [0.3, 0.4) is 0 Å². The number of rotatable bonds is 1. The van der Waals surface area contributed by atoms with Gasteiger partial charge in [0.05, 0.1) is 0 Å². The SMILES string of the molecule is Fc1cc(Cl)cc(C2C=NC=N2)c1. The minimum Gasteiger partial charge on any atom is -0.260 e. The van der Waals surface area contributed by atoms with Gasteiger partial charge in [-0.2, -0.15) is 0 Å². The number of benzene rings is 1. The van der Waals surface area contributed by atoms with Crippen LogP contribution in [0.4, 0.5) is 4.39 Å². The molecule has 0 saturated carbocycles. The van der Waals surface area contributed by atoms with Crippen molar-refractivity contribution in [3.63, 3.8) is 0 Å². The Bertz CT molecular complexity index is 355. The van der Waals surface area contributed by atoms with Crippen molar-refractivity contribution in [3.05, 3.63) is 34.6 Å². The molecule has 0 spiro atoms. The Kier molecular flexibility index (Phi) is 2.10. The molecule has 2 nitrogen and oxygen atoms in total. The molecule has 0 fully saturated rings. The van der Waals surface area contributed by atoms with Gasteiger partial charge in [0.2, 0.25) is 0 Å². The summed E-state index contributed by atoms with van der Waals surface area (Å²) in [5, 5.41) is 0.380. The van der Waals surface area contributed by atoms with Gasteiger partial charge in [0.25, 0.3) is 0 Å². The lowest BCUT2D eigenvalue weighted by Crippen LogP contribution is -1.94. The van der Waals surface area contributed by atoms with Gasteiger partial charge in [-0.1, -0.05) is 11.6 Å². The standard InChI is InChI=1S/C9H6ClFN2/c10-7-1-6(2-8(11)3-7)9-4-12-5-13-9/h1-5,9H. The van der Waals surface area contributed by atoms with Crippen molar-refractivity contribution in [2.24, 2.45) is 9.98 Å². The molecule has 4 heteroatoms. The molecule has 0 aliphatic carbocycles. The van der Waals surface area contributed by atoms with Gasteiger partial charge >= 0.3 is 0 Å². The number of aliphatic imine (C=N–C) groups is 2. The predicted molar refractivity (Wildman–Crippen MR) is 51.1 cm³/mol. The first-order valence-corrected chi connectivity index (χ1v) is 4.14. The molecule has 13 heavy (non-hydrogen) atoms. The quantitative estimate of drug-likeness (QED) is 0.660. The topological polar surface area (TPSA) is 24.7 Å². The summed E-state index contributed by atoms with van der Waals surface area (Å²) in [4.78, 5) is 7.83. The highest BCUT2D eigenvalue weighted by Gasteiger charge is 2.11. The molecule has 0 radical (unpaired) electrons. The Morgan fingerprint density at radius 1 is 1.31 bits per heavy atom. The molecule has 1 aliphatic heterocycles. The van der Waals surface area contributed by atoms with E-state index in [0.29, 0.717) is 5.02 Å². The van der Waals surface area contributed by atoms with Crippen molar-refractivity contribution in [1.29, 1.82) is 0 Å². The summed E-state index contributed by atoms with van der Waals surface area (Å²) in [6, 6.07) is 4.17. The fourth-order valence-corrected chi connectivity index (χ4v) is 1.42. The molecule has 2 rings (SSSR count). The van der Waals surface area contributed by atoms with Gasteiger partial charge in [-0.3, -0.25) is 4.99 Å². The van der Waals surface area contributed by atoms with Crippen LogP contribution in [-0.4, -0.2) is 12.6 Å². The zero-order valence-electron chi connectivity index (χ0n) is 6.61. The van der Waals surface area contributed by atoms with Crippen LogP contribution in [0, 0.1) is 5.82 Å². The van der Waals surface area contributed by atoms with Gasteiger partial charge in [-0.15, -0.1) is 0 Å². The van der Waals surface area contributed by atoms with E-state index in [2.05, 4.69) is 9.98 Å². The normalized spacial score (nSPS) is 19.7. The summed E-state index contributed by atoms with van der Waals surface area (Å²) in [6.07, 6.45) is 3.09. The van der Waals surface area contributed by atoms with E-state index in [1.165, 1.54) is 18.5 Å². The maximum atomic E-state index is 12.9. The first kappa shape index (κ1) is 8.38. The van der Waals surface area contributed by atoms with Crippen LogP contribution in [0.5, 0.6) is 0 Å². The number of nitrogens with zero attached hydrogens (tertiary/aromatic N) is 2. The summed E-state index contributed by atoms with van der Waals surface area (Å²) >= 11 is 5.69. The van der Waals surface area contributed by atoms with Gasteiger partial charge in [0.1, 0.15) is 18.2 Å². The van der Waals surface area contributed by atoms with Crippen LogP contribution in [-0.2, 0) is 0 Å². The molecular formula is C9H6ClFN2. The molecule has 1 unspecified atom stereocenters. The third-order valence-electron chi connectivity index (χ3n) is 1.75. The molecule has 0 saturated heterocycles. The second kappa shape index (κ2) is 3.26. The Morgan fingerprint density at radius 2 is 2.15 bits per heavy atom. The van der Waals surface area contributed by atoms with Crippen molar-refractivity contribution < 1.29 is 4.39 Å². The predicted octanol–water partition coefficient (Wildman–Crippen LogP) is 2.63. The van der Waals surface area contributed by atoms with Crippen molar-refractivity contribution in [2.45, 2.75) is 6.04 Å². The highest BCUT2D eigenvalue weighted by Crippen LogP contribution is 2.22. The van der Waals surface area contributed by atoms with E-state index in [1.54, 1.807) is 12.3 Å². The van der Waals surface area contributed by atoms with Crippen LogP contribution in [0.2, 0.25) is 5.02 Å². The fourth-order valence-electron chi connectivity index (χ4n) is 1.19. The van der Waals surface area contributed by atoms with E-state index in [9.17, 15) is 4.39 Å². The molecule has 0 aromatic heterocycles. The summed E-state index contributed by atoms with van der Waals surface area (Å²) in [5.41, 5.74) is 0.725. The number of hydrogen-bond acceptors (Lipinski definition) is 2. The lowest BCUT2D eigenvalue weighted by atomic mass is 10.1. The van der Waals surface area contributed by atoms with Crippen LogP contribution >= 0.6 is 11.6 Å². The summed E-state index contributed by atoms with van der Waals surface area (Å²) in [7, 11) is 0. The summed E-state index contributed by atoms with van der Waals surface area (Å²) in [6.45, 7) is 0. The van der Waals surface area contributed by atoms with Gasteiger partial charge in [-0.05, 0) is 23.8 Å². The van der Waals surface area contributed by atoms with Crippen LogP contribution in [0.25, 0.3) is 0 Å². The van der Waals surface area contributed by atoms with Crippen molar-refractivity contribution in [2.75, 3.05) is 0 Å². The van der Waals surface area contributed by atoms with Crippen LogP contribution in [0.15, 0.2) is 28.2 Å². The van der Waals surface area contributed by atoms with Crippen molar-refractivity contribution in [3.8, 4) is 0 Å². The second-order valence-corrected chi connectivity index (χ2v) is 3.15. The third-order valence-corrected chi connectivity index (χ3v) is 1.97. The molecule has 1 atom stereocenters. The minimum absolute atomic E-state index is 0.187. The Hall–Kier alpha value is -1.22. The van der Waals surface area contributed by atoms with E-state index < -0.39 is 0 Å². The van der Waals surface area contributed by atoms with E-state index in [-0.39, 0.29) is 11.9 Å². The molecule has 1 heterocycles. The largest absolute Gasteiger partial charge is 0.260 e. The smallest absolute Gasteiger partial charge is 0.125 e. The van der Waals surface area contributed by atoms with E-state index in [1.807, 2.05) is 0 Å². The van der Waals surface area contributed by atoms with Crippen LogP contribution < -0.4 is 0 Å². The van der Waals surface area contributed by atoms with Crippen molar-refractivity contribution in [1.82, 2.24) is 0 Å². The van der Waals surface area contributed by atoms with Gasteiger partial charge in [-0.25, -0.2) is 9.38 Å². The van der Waals surface area contributed by atoms with E-state index in [4.69, 9.17) is 11.6 Å². The Balaban J connectivity index is 2.40. The first-order valence-electron chi connectivity index (χ1n) is 3.76. The van der Waals surface area contributed by atoms with Gasteiger partial charge in [0.15, 0.2) is 0 Å². The lowest BCUT2D eigenvalue weighted by molar-refractivity contribution is 0.625. The highest BCUT2D eigenvalue weighted by molar-refractivity contribution is 6.30. The van der Waals surface area contributed by atoms with Gasteiger partial charge in [0, 0.05) is 11.2 Å². The zero-order valence-corrected chi connectivity index (χ0v) is 7.37. The molecule has 66 valence electrons. The summed E-state index contributed by atoms with van der Waals surface area (Å²) < 4.78 is 12.9. The molecule has 0 amide bonds. The van der Waals surface area contributed by atoms with E-state index >= 15 is 0 Å². The van der Waals surface area contributed by atoms with Crippen molar-refractivity contribution >= 4 is 24.2 Å². The number of halogens is 2. The zero-order chi connectivity index (χ0) is 9.26. The minimum atomic E-state index is -0.349. The van der Waals surface area contributed by atoms with E-state index in [0.717, 1.165) is 5.56 Å². The summed E-state index contributed by atoms with van der Waals surface area (Å²) in [5.74, 6) is -0.349. The van der Waals surface area contributed by atoms with Gasteiger partial charge < -0.3 is 0 Å². The Labute approximate surface area is 79.8 Å². The number of hydrogen-bond donors (Lipinski definition) is 0. The maximum absolute atomic E-state index is 12.9. The average Bonchev–Trinajstić information content (AvgIpc) is 2.53. The molecule has 0 bridgehead atoms.